The molecule has 5 heteroatoms. The van der Waals surface area contributed by atoms with Crippen LogP contribution in [0, 0.1) is 0 Å². The first kappa shape index (κ1) is 11.1. The largest absolute Gasteiger partial charge is 0.444 e. The number of amides is 1. The molecule has 0 radical (unpaired) electrons. The number of fused-ring (bicyclic) bond motifs is 6. The highest BCUT2D eigenvalue weighted by molar-refractivity contribution is 5.70. The second kappa shape index (κ2) is 3.20. The Balaban J connectivity index is 1.57. The minimum absolute atomic E-state index is 0.160. The van der Waals surface area contributed by atoms with E-state index in [9.17, 15) is 4.79 Å². The number of piperidine rings is 2. The van der Waals surface area contributed by atoms with E-state index >= 15 is 0 Å². The van der Waals surface area contributed by atoms with Crippen molar-refractivity contribution in [2.45, 2.75) is 75.7 Å². The Bertz CT molecular complexity index is 380. The fourth-order valence-electron chi connectivity index (χ4n) is 3.49. The Labute approximate surface area is 106 Å². The molecule has 4 heterocycles. The van der Waals surface area contributed by atoms with Crippen molar-refractivity contribution in [3.05, 3.63) is 0 Å². The molecule has 4 aliphatic heterocycles. The van der Waals surface area contributed by atoms with E-state index in [0.717, 1.165) is 12.8 Å². The Morgan fingerprint density at radius 2 is 1.61 bits per heavy atom. The third kappa shape index (κ3) is 1.57. The summed E-state index contributed by atoms with van der Waals surface area (Å²) in [6.07, 6.45) is 2.74. The summed E-state index contributed by atoms with van der Waals surface area (Å²) in [7, 11) is 0. The zero-order valence-corrected chi connectivity index (χ0v) is 11.0. The van der Waals surface area contributed by atoms with Crippen LogP contribution >= 0.6 is 0 Å². The van der Waals surface area contributed by atoms with Crippen LogP contribution in [0.4, 0.5) is 4.79 Å². The molecular formula is C13H19NO4. The lowest BCUT2D eigenvalue weighted by Crippen LogP contribution is -2.59. The molecule has 0 saturated carbocycles. The maximum atomic E-state index is 12.3. The molecule has 0 aromatic carbocycles. The predicted octanol–water partition coefficient (Wildman–Crippen LogP) is 1.30. The number of nitrogens with zero attached hydrogens (tertiary/aromatic N) is 1. The smallest absolute Gasteiger partial charge is 0.410 e. The van der Waals surface area contributed by atoms with E-state index in [1.54, 1.807) is 0 Å². The Hall–Kier alpha value is -0.810. The van der Waals surface area contributed by atoms with E-state index in [4.69, 9.17) is 14.2 Å². The molecule has 4 fully saturated rings. The van der Waals surface area contributed by atoms with Crippen LogP contribution < -0.4 is 0 Å². The summed E-state index contributed by atoms with van der Waals surface area (Å²) >= 11 is 0. The molecule has 0 aromatic rings. The van der Waals surface area contributed by atoms with Crippen molar-refractivity contribution in [1.29, 1.82) is 0 Å². The van der Waals surface area contributed by atoms with Gasteiger partial charge in [-0.3, -0.25) is 4.90 Å². The number of carbonyl (C=O) groups is 1. The summed E-state index contributed by atoms with van der Waals surface area (Å²) in [4.78, 5) is 14.2. The fourth-order valence-corrected chi connectivity index (χ4v) is 3.49. The number of epoxide rings is 2. The highest BCUT2D eigenvalue weighted by atomic mass is 16.6. The van der Waals surface area contributed by atoms with Gasteiger partial charge in [-0.2, -0.15) is 0 Å². The minimum atomic E-state index is -0.448. The molecule has 6 atom stereocenters. The first-order valence-electron chi connectivity index (χ1n) is 6.76. The van der Waals surface area contributed by atoms with E-state index < -0.39 is 5.60 Å². The van der Waals surface area contributed by atoms with Gasteiger partial charge in [-0.05, 0) is 33.6 Å². The number of hydrogen-bond acceptors (Lipinski definition) is 4. The van der Waals surface area contributed by atoms with Crippen LogP contribution in [0.15, 0.2) is 0 Å². The van der Waals surface area contributed by atoms with Gasteiger partial charge >= 0.3 is 6.09 Å². The lowest BCUT2D eigenvalue weighted by molar-refractivity contribution is -0.00951. The van der Waals surface area contributed by atoms with Crippen LogP contribution in [-0.4, -0.2) is 53.1 Å². The van der Waals surface area contributed by atoms with Gasteiger partial charge in [0.15, 0.2) is 0 Å². The molecule has 100 valence electrons. The monoisotopic (exact) mass is 253 g/mol. The minimum Gasteiger partial charge on any atom is -0.444 e. The summed E-state index contributed by atoms with van der Waals surface area (Å²) in [5.74, 6) is 0. The SMILES string of the molecule is CC(C)(C)OC(=O)N1C2CC3OC3C1CC1OC12. The van der Waals surface area contributed by atoms with Crippen LogP contribution in [0.2, 0.25) is 0 Å². The Kier molecular flexibility index (Phi) is 1.96. The zero-order valence-electron chi connectivity index (χ0n) is 11.0. The van der Waals surface area contributed by atoms with Crippen LogP contribution in [0.25, 0.3) is 0 Å². The molecule has 6 unspecified atom stereocenters. The average Bonchev–Trinajstić information content (AvgIpc) is 3.04. The van der Waals surface area contributed by atoms with Crippen LogP contribution in [0.3, 0.4) is 0 Å². The van der Waals surface area contributed by atoms with Crippen molar-refractivity contribution in [3.8, 4) is 0 Å². The van der Waals surface area contributed by atoms with E-state index in [-0.39, 0.29) is 30.4 Å². The van der Waals surface area contributed by atoms with Crippen molar-refractivity contribution in [1.82, 2.24) is 4.90 Å². The number of ether oxygens (including phenoxy) is 3. The average molecular weight is 253 g/mol. The third-order valence-electron chi connectivity index (χ3n) is 4.27. The molecule has 18 heavy (non-hydrogen) atoms. The molecule has 0 spiro atoms. The van der Waals surface area contributed by atoms with Gasteiger partial charge in [0.25, 0.3) is 0 Å². The van der Waals surface area contributed by atoms with E-state index in [1.165, 1.54) is 0 Å². The molecular weight excluding hydrogens is 234 g/mol. The van der Waals surface area contributed by atoms with Crippen molar-refractivity contribution < 1.29 is 19.0 Å². The molecule has 0 aliphatic carbocycles. The molecule has 0 aromatic heterocycles. The van der Waals surface area contributed by atoms with Crippen molar-refractivity contribution in [2.75, 3.05) is 0 Å². The van der Waals surface area contributed by atoms with Gasteiger partial charge in [-0.25, -0.2) is 4.79 Å². The highest BCUT2D eigenvalue weighted by Gasteiger charge is 2.66. The van der Waals surface area contributed by atoms with E-state index in [1.807, 2.05) is 25.7 Å². The molecule has 4 saturated heterocycles. The summed E-state index contributed by atoms with van der Waals surface area (Å²) in [6, 6.07) is 0.319. The fraction of sp³-hybridized carbons (Fsp3) is 0.923. The lowest BCUT2D eigenvalue weighted by Gasteiger charge is -2.42. The maximum absolute atomic E-state index is 12.3. The summed E-state index contributed by atoms with van der Waals surface area (Å²) < 4.78 is 16.9. The molecule has 5 nitrogen and oxygen atoms in total. The van der Waals surface area contributed by atoms with Gasteiger partial charge in [0.05, 0.1) is 24.3 Å². The van der Waals surface area contributed by atoms with Gasteiger partial charge in [0.2, 0.25) is 0 Å². The van der Waals surface area contributed by atoms with Crippen LogP contribution in [-0.2, 0) is 14.2 Å². The normalized spacial score (nSPS) is 48.1. The van der Waals surface area contributed by atoms with Gasteiger partial charge in [-0.1, -0.05) is 0 Å². The predicted molar refractivity (Wildman–Crippen MR) is 62.2 cm³/mol. The Morgan fingerprint density at radius 3 is 2.06 bits per heavy atom. The lowest BCUT2D eigenvalue weighted by atomic mass is 9.85. The van der Waals surface area contributed by atoms with Gasteiger partial charge in [-0.15, -0.1) is 0 Å². The van der Waals surface area contributed by atoms with E-state index in [0.29, 0.717) is 12.2 Å². The van der Waals surface area contributed by atoms with E-state index in [2.05, 4.69) is 0 Å². The topological polar surface area (TPSA) is 54.6 Å². The second-order valence-electron chi connectivity index (χ2n) is 6.77. The number of carbonyl (C=O) groups excluding carboxylic acids is 1. The van der Waals surface area contributed by atoms with Crippen molar-refractivity contribution in [2.24, 2.45) is 0 Å². The zero-order chi connectivity index (χ0) is 12.7. The second-order valence-corrected chi connectivity index (χ2v) is 6.77. The standard InChI is InChI=1S/C13H19NO4/c1-13(2,3)18-12(15)14-6-4-8-11(16-8)7(14)5-9-10(6)17-9/h6-11H,4-5H2,1-3H3. The highest BCUT2D eigenvalue weighted by Crippen LogP contribution is 2.51. The van der Waals surface area contributed by atoms with Crippen LogP contribution in [0.5, 0.6) is 0 Å². The molecule has 2 bridgehead atoms. The summed E-state index contributed by atoms with van der Waals surface area (Å²) in [5.41, 5.74) is -0.448. The summed E-state index contributed by atoms with van der Waals surface area (Å²) in [6.45, 7) is 5.70. The van der Waals surface area contributed by atoms with Crippen molar-refractivity contribution >= 4 is 6.09 Å². The summed E-state index contributed by atoms with van der Waals surface area (Å²) in [5, 5.41) is 0. The molecule has 4 aliphatic rings. The van der Waals surface area contributed by atoms with Crippen LogP contribution in [0.1, 0.15) is 33.6 Å². The Morgan fingerprint density at radius 1 is 1.11 bits per heavy atom. The molecule has 0 N–H and O–H groups in total. The van der Waals surface area contributed by atoms with Gasteiger partial charge < -0.3 is 14.2 Å². The number of rotatable bonds is 0. The molecule has 4 rings (SSSR count). The maximum Gasteiger partial charge on any atom is 0.410 e. The first-order valence-corrected chi connectivity index (χ1v) is 6.76. The first-order chi connectivity index (χ1) is 8.44. The third-order valence-corrected chi connectivity index (χ3v) is 4.27. The van der Waals surface area contributed by atoms with Gasteiger partial charge in [0, 0.05) is 0 Å². The quantitative estimate of drug-likeness (QED) is 0.611. The van der Waals surface area contributed by atoms with Gasteiger partial charge in [0.1, 0.15) is 17.8 Å². The van der Waals surface area contributed by atoms with Crippen molar-refractivity contribution in [3.63, 3.8) is 0 Å². The molecule has 1 amide bonds. The number of hydrogen-bond donors (Lipinski definition) is 0.